The summed E-state index contributed by atoms with van der Waals surface area (Å²) >= 11 is 5.42. The number of esters is 1. The minimum Gasteiger partial charge on any atom is -0.502 e. The van der Waals surface area contributed by atoms with E-state index in [9.17, 15) is 9.90 Å². The van der Waals surface area contributed by atoms with Crippen molar-refractivity contribution in [1.82, 2.24) is 0 Å². The second kappa shape index (κ2) is 6.20. The van der Waals surface area contributed by atoms with E-state index in [1.165, 1.54) is 20.3 Å². The summed E-state index contributed by atoms with van der Waals surface area (Å²) in [6, 6.07) is 1.31. The molecule has 0 heterocycles. The normalized spacial score (nSPS) is 9.94. The van der Waals surface area contributed by atoms with Crippen molar-refractivity contribution in [3.8, 4) is 17.2 Å². The van der Waals surface area contributed by atoms with Crippen molar-refractivity contribution in [3.05, 3.63) is 11.6 Å². The number of aromatic hydroxyl groups is 1. The average Bonchev–Trinajstić information content (AvgIpc) is 2.37. The standard InChI is InChI=1S/C11H14ClNO5/c1-16-7-5-6(13)8(10(17-2)9(7)14)11(15)18-4-3-12/h5,14H,3-4,13H2,1-2H3. The number of alkyl halides is 1. The molecule has 0 spiro atoms. The maximum atomic E-state index is 11.8. The molecule has 18 heavy (non-hydrogen) atoms. The van der Waals surface area contributed by atoms with Crippen molar-refractivity contribution in [1.29, 1.82) is 0 Å². The molecule has 0 radical (unpaired) electrons. The van der Waals surface area contributed by atoms with E-state index in [1.54, 1.807) is 0 Å². The van der Waals surface area contributed by atoms with E-state index in [-0.39, 0.29) is 41.0 Å². The third-order valence-corrected chi connectivity index (χ3v) is 2.34. The molecule has 0 bridgehead atoms. The first-order valence-electron chi connectivity index (χ1n) is 5.03. The molecule has 0 amide bonds. The molecule has 0 aliphatic carbocycles. The van der Waals surface area contributed by atoms with Crippen molar-refractivity contribution in [2.75, 3.05) is 32.4 Å². The Labute approximate surface area is 109 Å². The van der Waals surface area contributed by atoms with E-state index in [2.05, 4.69) is 0 Å². The lowest BCUT2D eigenvalue weighted by atomic mass is 10.1. The van der Waals surface area contributed by atoms with Crippen molar-refractivity contribution in [3.63, 3.8) is 0 Å². The molecular weight excluding hydrogens is 262 g/mol. The third kappa shape index (κ3) is 2.70. The Morgan fingerprint density at radius 1 is 1.44 bits per heavy atom. The lowest BCUT2D eigenvalue weighted by Crippen LogP contribution is -2.12. The molecule has 0 atom stereocenters. The number of hydrogen-bond donors (Lipinski definition) is 2. The van der Waals surface area contributed by atoms with Gasteiger partial charge in [0.2, 0.25) is 5.75 Å². The monoisotopic (exact) mass is 275 g/mol. The first-order chi connectivity index (χ1) is 8.56. The van der Waals surface area contributed by atoms with E-state index in [0.29, 0.717) is 0 Å². The number of rotatable bonds is 5. The first-order valence-corrected chi connectivity index (χ1v) is 5.56. The van der Waals surface area contributed by atoms with Gasteiger partial charge in [0.25, 0.3) is 0 Å². The summed E-state index contributed by atoms with van der Waals surface area (Å²) in [5, 5.41) is 9.83. The molecule has 0 fully saturated rings. The molecule has 0 aliphatic heterocycles. The van der Waals surface area contributed by atoms with Crippen LogP contribution in [0.15, 0.2) is 6.07 Å². The summed E-state index contributed by atoms with van der Waals surface area (Å²) < 4.78 is 14.7. The highest BCUT2D eigenvalue weighted by Crippen LogP contribution is 2.42. The van der Waals surface area contributed by atoms with Crippen LogP contribution in [-0.4, -0.2) is 37.8 Å². The maximum absolute atomic E-state index is 11.8. The highest BCUT2D eigenvalue weighted by molar-refractivity contribution is 6.18. The summed E-state index contributed by atoms with van der Waals surface area (Å²) in [4.78, 5) is 11.8. The fourth-order valence-corrected chi connectivity index (χ4v) is 1.49. The smallest absolute Gasteiger partial charge is 0.344 e. The van der Waals surface area contributed by atoms with Crippen LogP contribution in [0.3, 0.4) is 0 Å². The van der Waals surface area contributed by atoms with Gasteiger partial charge in [-0.15, -0.1) is 11.6 Å². The van der Waals surface area contributed by atoms with Crippen LogP contribution in [0.4, 0.5) is 5.69 Å². The van der Waals surface area contributed by atoms with Gasteiger partial charge in [-0.05, 0) is 0 Å². The molecule has 0 unspecified atom stereocenters. The number of anilines is 1. The van der Waals surface area contributed by atoms with E-state index in [4.69, 9.17) is 31.5 Å². The largest absolute Gasteiger partial charge is 0.502 e. The topological polar surface area (TPSA) is 91.0 Å². The highest BCUT2D eigenvalue weighted by atomic mass is 35.5. The average molecular weight is 276 g/mol. The van der Waals surface area contributed by atoms with E-state index < -0.39 is 5.97 Å². The van der Waals surface area contributed by atoms with Gasteiger partial charge >= 0.3 is 5.97 Å². The van der Waals surface area contributed by atoms with Gasteiger partial charge in [-0.2, -0.15) is 0 Å². The molecule has 0 saturated heterocycles. The number of halogens is 1. The van der Waals surface area contributed by atoms with Crippen molar-refractivity contribution >= 4 is 23.3 Å². The minimum absolute atomic E-state index is 0.0375. The Morgan fingerprint density at radius 2 is 2.11 bits per heavy atom. The van der Waals surface area contributed by atoms with Gasteiger partial charge < -0.3 is 25.1 Å². The van der Waals surface area contributed by atoms with Crippen molar-refractivity contribution < 1.29 is 24.1 Å². The Hall–Kier alpha value is -1.82. The number of phenolic OH excluding ortho intramolecular Hbond substituents is 1. The van der Waals surface area contributed by atoms with Crippen LogP contribution in [0.25, 0.3) is 0 Å². The Morgan fingerprint density at radius 3 is 2.61 bits per heavy atom. The molecule has 0 saturated carbocycles. The molecule has 0 aromatic heterocycles. The van der Waals surface area contributed by atoms with E-state index in [1.807, 2.05) is 0 Å². The second-order valence-electron chi connectivity index (χ2n) is 3.25. The number of nitrogens with two attached hydrogens (primary N) is 1. The van der Waals surface area contributed by atoms with Crippen LogP contribution in [0.1, 0.15) is 10.4 Å². The fraction of sp³-hybridized carbons (Fsp3) is 0.364. The quantitative estimate of drug-likeness (QED) is 0.365. The number of hydrogen-bond acceptors (Lipinski definition) is 6. The predicted octanol–water partition coefficient (Wildman–Crippen LogP) is 1.39. The molecule has 3 N–H and O–H groups in total. The predicted molar refractivity (Wildman–Crippen MR) is 66.6 cm³/mol. The molecule has 0 aliphatic rings. The first kappa shape index (κ1) is 14.2. The second-order valence-corrected chi connectivity index (χ2v) is 3.63. The number of nitrogen functional groups attached to an aromatic ring is 1. The van der Waals surface area contributed by atoms with Gasteiger partial charge in [-0.1, -0.05) is 0 Å². The van der Waals surface area contributed by atoms with E-state index >= 15 is 0 Å². The summed E-state index contributed by atoms with van der Waals surface area (Å²) in [6.07, 6.45) is 0. The summed E-state index contributed by atoms with van der Waals surface area (Å²) in [5.74, 6) is -0.851. The Kier molecular flexibility index (Phi) is 4.91. The number of phenols is 1. The zero-order valence-electron chi connectivity index (χ0n) is 10.0. The van der Waals surface area contributed by atoms with Crippen molar-refractivity contribution in [2.24, 2.45) is 0 Å². The molecule has 1 aromatic rings. The van der Waals surface area contributed by atoms with Gasteiger partial charge in [0.05, 0.1) is 25.8 Å². The number of ether oxygens (including phenoxy) is 3. The molecular formula is C11H14ClNO5. The van der Waals surface area contributed by atoms with Crippen LogP contribution < -0.4 is 15.2 Å². The van der Waals surface area contributed by atoms with Gasteiger partial charge in [0, 0.05) is 6.07 Å². The minimum atomic E-state index is -0.719. The maximum Gasteiger partial charge on any atom is 0.344 e. The van der Waals surface area contributed by atoms with Crippen LogP contribution in [0.5, 0.6) is 17.2 Å². The molecule has 1 rings (SSSR count). The fourth-order valence-electron chi connectivity index (χ4n) is 1.41. The number of benzene rings is 1. The zero-order valence-corrected chi connectivity index (χ0v) is 10.8. The molecule has 1 aromatic carbocycles. The molecule has 7 heteroatoms. The van der Waals surface area contributed by atoms with E-state index in [0.717, 1.165) is 0 Å². The zero-order chi connectivity index (χ0) is 13.7. The lowest BCUT2D eigenvalue weighted by Gasteiger charge is -2.14. The van der Waals surface area contributed by atoms with Crippen LogP contribution in [0, 0.1) is 0 Å². The van der Waals surface area contributed by atoms with Gasteiger partial charge in [-0.25, -0.2) is 4.79 Å². The SMILES string of the molecule is COc1cc(N)c(C(=O)OCCCl)c(OC)c1O. The van der Waals surface area contributed by atoms with Gasteiger partial charge in [0.1, 0.15) is 12.2 Å². The van der Waals surface area contributed by atoms with Gasteiger partial charge in [0.15, 0.2) is 11.5 Å². The molecule has 6 nitrogen and oxygen atoms in total. The Bertz CT molecular complexity index is 450. The number of methoxy groups -OCH3 is 2. The molecule has 100 valence electrons. The summed E-state index contributed by atoms with van der Waals surface area (Å²) in [6.45, 7) is 0.0375. The van der Waals surface area contributed by atoms with Crippen LogP contribution >= 0.6 is 11.6 Å². The Balaban J connectivity index is 3.26. The van der Waals surface area contributed by atoms with Crippen LogP contribution in [0.2, 0.25) is 0 Å². The summed E-state index contributed by atoms with van der Waals surface area (Å²) in [5.41, 5.74) is 5.74. The third-order valence-electron chi connectivity index (χ3n) is 2.19. The van der Waals surface area contributed by atoms with Gasteiger partial charge in [-0.3, -0.25) is 0 Å². The lowest BCUT2D eigenvalue weighted by molar-refractivity contribution is 0.0526. The van der Waals surface area contributed by atoms with Crippen LogP contribution in [-0.2, 0) is 4.74 Å². The highest BCUT2D eigenvalue weighted by Gasteiger charge is 2.24. The van der Waals surface area contributed by atoms with Crippen molar-refractivity contribution in [2.45, 2.75) is 0 Å². The number of carbonyl (C=O) groups excluding carboxylic acids is 1. The summed E-state index contributed by atoms with van der Waals surface area (Å²) in [7, 11) is 2.66. The number of carbonyl (C=O) groups is 1.